The Hall–Kier alpha value is -1.83. The van der Waals surface area contributed by atoms with Gasteiger partial charge in [-0.15, -0.1) is 0 Å². The number of hydrogen-bond acceptors (Lipinski definition) is 4. The first-order valence-electron chi connectivity index (χ1n) is 6.05. The van der Waals surface area contributed by atoms with Crippen LogP contribution in [0.2, 0.25) is 0 Å². The van der Waals surface area contributed by atoms with Gasteiger partial charge in [-0.3, -0.25) is 9.59 Å². The highest BCUT2D eigenvalue weighted by atomic mass is 16.5. The lowest BCUT2D eigenvalue weighted by molar-refractivity contribution is -0.137. The van der Waals surface area contributed by atoms with Crippen LogP contribution in [0, 0.1) is 5.92 Å². The van der Waals surface area contributed by atoms with Gasteiger partial charge in [0.2, 0.25) is 5.91 Å². The summed E-state index contributed by atoms with van der Waals surface area (Å²) in [4.78, 5) is 34.9. The normalized spacial score (nSPS) is 20.7. The zero-order valence-electron chi connectivity index (χ0n) is 10.8. The van der Waals surface area contributed by atoms with Crippen LogP contribution >= 0.6 is 0 Å². The predicted octanol–water partition coefficient (Wildman–Crippen LogP) is -1.01. The molecule has 1 saturated heterocycles. The first kappa shape index (κ1) is 15.2. The van der Waals surface area contributed by atoms with Gasteiger partial charge in [0, 0.05) is 19.5 Å². The van der Waals surface area contributed by atoms with Crippen molar-refractivity contribution in [2.24, 2.45) is 11.7 Å². The second-order valence-electron chi connectivity index (χ2n) is 4.58. The Morgan fingerprint density at radius 2 is 2.21 bits per heavy atom. The molecule has 1 aliphatic rings. The van der Waals surface area contributed by atoms with Gasteiger partial charge in [-0.2, -0.15) is 0 Å². The highest BCUT2D eigenvalue weighted by Gasteiger charge is 2.31. The third kappa shape index (κ3) is 4.74. The minimum atomic E-state index is -0.914. The van der Waals surface area contributed by atoms with E-state index < -0.39 is 23.9 Å². The van der Waals surface area contributed by atoms with Crippen LogP contribution in [0.1, 0.15) is 13.3 Å². The summed E-state index contributed by atoms with van der Waals surface area (Å²) < 4.78 is 5.10. The molecule has 0 radical (unpaired) electrons. The number of morpholine rings is 1. The molecule has 0 spiro atoms. The molecular formula is C11H19N3O5. The van der Waals surface area contributed by atoms with E-state index in [9.17, 15) is 14.4 Å². The lowest BCUT2D eigenvalue weighted by Crippen LogP contribution is -2.57. The summed E-state index contributed by atoms with van der Waals surface area (Å²) in [5.74, 6) is -1.72. The number of primary amides is 1. The molecule has 0 aliphatic carbocycles. The molecular weight excluding hydrogens is 254 g/mol. The number of carboxylic acids is 1. The van der Waals surface area contributed by atoms with E-state index in [-0.39, 0.29) is 32.0 Å². The molecule has 0 aromatic carbocycles. The van der Waals surface area contributed by atoms with Gasteiger partial charge < -0.3 is 25.8 Å². The largest absolute Gasteiger partial charge is 0.481 e. The summed E-state index contributed by atoms with van der Waals surface area (Å²) in [7, 11) is 0. The Kier molecular flexibility index (Phi) is 5.56. The van der Waals surface area contributed by atoms with Crippen molar-refractivity contribution in [3.8, 4) is 0 Å². The molecule has 2 unspecified atom stereocenters. The molecule has 19 heavy (non-hydrogen) atoms. The zero-order chi connectivity index (χ0) is 14.4. The molecule has 0 aromatic heterocycles. The molecule has 1 fully saturated rings. The maximum atomic E-state index is 11.9. The minimum Gasteiger partial charge on any atom is -0.481 e. The first-order chi connectivity index (χ1) is 8.91. The molecule has 8 heteroatoms. The average molecular weight is 273 g/mol. The summed E-state index contributed by atoms with van der Waals surface area (Å²) in [6.07, 6.45) is -0.0252. The van der Waals surface area contributed by atoms with Gasteiger partial charge in [-0.05, 0) is 5.92 Å². The second-order valence-corrected chi connectivity index (χ2v) is 4.58. The third-order valence-electron chi connectivity index (χ3n) is 2.84. The molecule has 0 bridgehead atoms. The van der Waals surface area contributed by atoms with Crippen LogP contribution in [0.15, 0.2) is 0 Å². The summed E-state index contributed by atoms with van der Waals surface area (Å²) in [5.41, 5.74) is 5.20. The molecule has 2 atom stereocenters. The number of carboxylic acid groups (broad SMARTS) is 1. The van der Waals surface area contributed by atoms with Crippen LogP contribution in [0.25, 0.3) is 0 Å². The molecule has 108 valence electrons. The summed E-state index contributed by atoms with van der Waals surface area (Å²) in [5, 5.41) is 11.2. The highest BCUT2D eigenvalue weighted by molar-refractivity contribution is 5.86. The smallest absolute Gasteiger partial charge is 0.318 e. The standard InChI is InChI=1S/C11H19N3O5/c1-7(4-9(15)16)5-13-11(18)14-2-3-19-6-8(14)10(12)17/h7-8H,2-6H2,1H3,(H2,12,17)(H,13,18)(H,15,16). The summed E-state index contributed by atoms with van der Waals surface area (Å²) in [6, 6.07) is -1.20. The van der Waals surface area contributed by atoms with E-state index in [1.54, 1.807) is 6.92 Å². The molecule has 3 amide bonds. The molecule has 4 N–H and O–H groups in total. The fourth-order valence-corrected chi connectivity index (χ4v) is 1.82. The number of ether oxygens (including phenoxy) is 1. The molecule has 1 rings (SSSR count). The van der Waals surface area contributed by atoms with E-state index in [2.05, 4.69) is 5.32 Å². The quantitative estimate of drug-likeness (QED) is 0.592. The predicted molar refractivity (Wildman–Crippen MR) is 65.3 cm³/mol. The van der Waals surface area contributed by atoms with Gasteiger partial charge in [0.15, 0.2) is 0 Å². The van der Waals surface area contributed by atoms with Crippen LogP contribution in [0.5, 0.6) is 0 Å². The number of urea groups is 1. The van der Waals surface area contributed by atoms with E-state index in [0.717, 1.165) is 0 Å². The number of carbonyl (C=O) groups is 3. The van der Waals surface area contributed by atoms with Crippen molar-refractivity contribution in [1.82, 2.24) is 10.2 Å². The fraction of sp³-hybridized carbons (Fsp3) is 0.727. The van der Waals surface area contributed by atoms with Crippen LogP contribution < -0.4 is 11.1 Å². The highest BCUT2D eigenvalue weighted by Crippen LogP contribution is 2.07. The van der Waals surface area contributed by atoms with E-state index in [0.29, 0.717) is 6.61 Å². The lowest BCUT2D eigenvalue weighted by Gasteiger charge is -2.33. The molecule has 1 heterocycles. The zero-order valence-corrected chi connectivity index (χ0v) is 10.8. The van der Waals surface area contributed by atoms with Gasteiger partial charge in [0.25, 0.3) is 0 Å². The molecule has 8 nitrogen and oxygen atoms in total. The third-order valence-corrected chi connectivity index (χ3v) is 2.84. The van der Waals surface area contributed by atoms with Crippen molar-refractivity contribution >= 4 is 17.9 Å². The van der Waals surface area contributed by atoms with Crippen molar-refractivity contribution < 1.29 is 24.2 Å². The number of hydrogen-bond donors (Lipinski definition) is 3. The Labute approximate surface area is 110 Å². The van der Waals surface area contributed by atoms with Crippen molar-refractivity contribution in [1.29, 1.82) is 0 Å². The van der Waals surface area contributed by atoms with Crippen LogP contribution in [-0.4, -0.2) is 60.3 Å². The Bertz CT molecular complexity index is 360. The van der Waals surface area contributed by atoms with Crippen LogP contribution in [0.3, 0.4) is 0 Å². The van der Waals surface area contributed by atoms with E-state index >= 15 is 0 Å². The average Bonchev–Trinajstić information content (AvgIpc) is 2.35. The number of rotatable bonds is 5. The molecule has 0 saturated carbocycles. The first-order valence-corrected chi connectivity index (χ1v) is 6.05. The summed E-state index contributed by atoms with van der Waals surface area (Å²) >= 11 is 0. The summed E-state index contributed by atoms with van der Waals surface area (Å²) in [6.45, 7) is 2.68. The van der Waals surface area contributed by atoms with Gasteiger partial charge in [-0.25, -0.2) is 4.79 Å². The van der Waals surface area contributed by atoms with Crippen LogP contribution in [0.4, 0.5) is 4.79 Å². The van der Waals surface area contributed by atoms with Gasteiger partial charge in [0.1, 0.15) is 6.04 Å². The van der Waals surface area contributed by atoms with Gasteiger partial charge in [-0.1, -0.05) is 6.92 Å². The maximum absolute atomic E-state index is 11.9. The Morgan fingerprint density at radius 3 is 2.79 bits per heavy atom. The van der Waals surface area contributed by atoms with Crippen molar-refractivity contribution in [3.05, 3.63) is 0 Å². The molecule has 1 aliphatic heterocycles. The number of amides is 3. The van der Waals surface area contributed by atoms with Gasteiger partial charge >= 0.3 is 12.0 Å². The second kappa shape index (κ2) is 6.93. The van der Waals surface area contributed by atoms with E-state index in [4.69, 9.17) is 15.6 Å². The Morgan fingerprint density at radius 1 is 1.53 bits per heavy atom. The van der Waals surface area contributed by atoms with Crippen molar-refractivity contribution in [2.75, 3.05) is 26.3 Å². The number of carbonyl (C=O) groups excluding carboxylic acids is 2. The van der Waals surface area contributed by atoms with Crippen molar-refractivity contribution in [3.63, 3.8) is 0 Å². The topological polar surface area (TPSA) is 122 Å². The fourth-order valence-electron chi connectivity index (χ4n) is 1.82. The maximum Gasteiger partial charge on any atom is 0.318 e. The number of nitrogens with one attached hydrogen (secondary N) is 1. The minimum absolute atomic E-state index is 0.0252. The van der Waals surface area contributed by atoms with E-state index in [1.165, 1.54) is 4.90 Å². The molecule has 0 aromatic rings. The Balaban J connectivity index is 2.47. The number of aliphatic carboxylic acids is 1. The van der Waals surface area contributed by atoms with Crippen molar-refractivity contribution in [2.45, 2.75) is 19.4 Å². The SMILES string of the molecule is CC(CNC(=O)N1CCOCC1C(N)=O)CC(=O)O. The number of nitrogens with two attached hydrogens (primary N) is 1. The number of nitrogens with zero attached hydrogens (tertiary/aromatic N) is 1. The van der Waals surface area contributed by atoms with Crippen LogP contribution in [-0.2, 0) is 14.3 Å². The lowest BCUT2D eigenvalue weighted by atomic mass is 10.1. The van der Waals surface area contributed by atoms with E-state index in [1.807, 2.05) is 0 Å². The van der Waals surface area contributed by atoms with Gasteiger partial charge in [0.05, 0.1) is 13.2 Å². The monoisotopic (exact) mass is 273 g/mol.